The molecule has 0 unspecified atom stereocenters. The van der Waals surface area contributed by atoms with Gasteiger partial charge in [0.25, 0.3) is 0 Å². The average Bonchev–Trinajstić information content (AvgIpc) is 2.38. The van der Waals surface area contributed by atoms with Crippen LogP contribution in [0.3, 0.4) is 0 Å². The van der Waals surface area contributed by atoms with Crippen LogP contribution in [0.5, 0.6) is 0 Å². The molecule has 0 aromatic heterocycles. The number of hydrogen-bond donors (Lipinski definition) is 0. The van der Waals surface area contributed by atoms with Crippen LogP contribution in [0, 0.1) is 10.8 Å². The van der Waals surface area contributed by atoms with Gasteiger partial charge in [0.1, 0.15) is 0 Å². The monoisotopic (exact) mass is 286 g/mol. The molecule has 20 heavy (non-hydrogen) atoms. The molecular weight excluding hydrogens is 256 g/mol. The zero-order valence-electron chi connectivity index (χ0n) is 13.1. The Bertz CT molecular complexity index is 233. The van der Waals surface area contributed by atoms with Crippen LogP contribution < -0.4 is 0 Å². The van der Waals surface area contributed by atoms with Crippen molar-refractivity contribution in [1.29, 1.82) is 0 Å². The van der Waals surface area contributed by atoms with E-state index in [1.807, 2.05) is 0 Å². The fourth-order valence-electron chi connectivity index (χ4n) is 2.73. The summed E-state index contributed by atoms with van der Waals surface area (Å²) in [4.78, 5) is 0. The molecule has 0 radical (unpaired) electrons. The van der Waals surface area contributed by atoms with Crippen LogP contribution in [0.25, 0.3) is 0 Å². The first-order valence-electron chi connectivity index (χ1n) is 8.05. The summed E-state index contributed by atoms with van der Waals surface area (Å²) in [6.07, 6.45) is 4.60. The van der Waals surface area contributed by atoms with E-state index in [0.29, 0.717) is 24.0 Å². The van der Waals surface area contributed by atoms with Crippen molar-refractivity contribution in [3.8, 4) is 0 Å². The fraction of sp³-hybridized carbons (Fsp3) is 1.00. The van der Waals surface area contributed by atoms with E-state index < -0.39 is 0 Å². The number of hydrogen-bond acceptors (Lipinski definition) is 4. The van der Waals surface area contributed by atoms with Crippen molar-refractivity contribution in [3.63, 3.8) is 0 Å². The molecule has 4 nitrogen and oxygen atoms in total. The lowest BCUT2D eigenvalue weighted by Gasteiger charge is -2.41. The van der Waals surface area contributed by atoms with E-state index in [4.69, 9.17) is 18.9 Å². The highest BCUT2D eigenvalue weighted by Crippen LogP contribution is 2.35. The number of ether oxygens (including phenoxy) is 4. The minimum absolute atomic E-state index is 0.401. The molecule has 0 aliphatic carbocycles. The molecule has 118 valence electrons. The Labute approximate surface area is 123 Å². The van der Waals surface area contributed by atoms with Crippen molar-refractivity contribution in [1.82, 2.24) is 0 Å². The Morgan fingerprint density at radius 1 is 0.700 bits per heavy atom. The maximum atomic E-state index is 5.66. The summed E-state index contributed by atoms with van der Waals surface area (Å²) in [5.74, 6) is 0. The normalized spacial score (nSPS) is 23.1. The van der Waals surface area contributed by atoms with E-state index >= 15 is 0 Å². The van der Waals surface area contributed by atoms with Gasteiger partial charge in [-0.1, -0.05) is 13.8 Å². The van der Waals surface area contributed by atoms with Gasteiger partial charge in [0.15, 0.2) is 0 Å². The second-order valence-corrected chi connectivity index (χ2v) is 6.42. The predicted octanol–water partition coefficient (Wildman–Crippen LogP) is 2.65. The molecule has 2 saturated heterocycles. The summed E-state index contributed by atoms with van der Waals surface area (Å²) < 4.78 is 21.9. The van der Waals surface area contributed by atoms with Gasteiger partial charge in [0.2, 0.25) is 0 Å². The Morgan fingerprint density at radius 3 is 1.35 bits per heavy atom. The lowest BCUT2D eigenvalue weighted by molar-refractivity contribution is -0.132. The van der Waals surface area contributed by atoms with E-state index in [0.717, 1.165) is 52.5 Å². The van der Waals surface area contributed by atoms with E-state index in [2.05, 4.69) is 13.8 Å². The van der Waals surface area contributed by atoms with Gasteiger partial charge in [-0.05, 0) is 25.7 Å². The van der Waals surface area contributed by atoms with Gasteiger partial charge in [-0.25, -0.2) is 0 Å². The van der Waals surface area contributed by atoms with Crippen molar-refractivity contribution in [2.75, 3.05) is 52.9 Å². The topological polar surface area (TPSA) is 36.9 Å². The van der Waals surface area contributed by atoms with Gasteiger partial charge in [0.05, 0.1) is 39.6 Å². The summed E-state index contributed by atoms with van der Waals surface area (Å²) in [6, 6.07) is 0. The van der Waals surface area contributed by atoms with Crippen molar-refractivity contribution in [2.45, 2.75) is 39.5 Å². The standard InChI is InChI=1S/C16H30O4/c1-3-15(11-19-12-15)5-7-17-9-10-18-8-6-16(4-2)13-20-14-16/h3-14H2,1-2H3. The Balaban J connectivity index is 1.40. The van der Waals surface area contributed by atoms with Gasteiger partial charge < -0.3 is 18.9 Å². The summed E-state index contributed by atoms with van der Waals surface area (Å²) in [6.45, 7) is 11.2. The molecule has 2 rings (SSSR count). The molecule has 0 saturated carbocycles. The predicted molar refractivity (Wildman–Crippen MR) is 78.0 cm³/mol. The van der Waals surface area contributed by atoms with Crippen molar-refractivity contribution >= 4 is 0 Å². The molecule has 2 aliphatic rings. The van der Waals surface area contributed by atoms with Gasteiger partial charge in [-0.2, -0.15) is 0 Å². The Kier molecular flexibility index (Phi) is 6.27. The molecular formula is C16H30O4. The summed E-state index contributed by atoms with van der Waals surface area (Å²) in [5.41, 5.74) is 0.803. The Hall–Kier alpha value is -0.160. The zero-order chi connectivity index (χ0) is 14.3. The molecule has 0 spiro atoms. The third-order valence-electron chi connectivity index (χ3n) is 5.06. The van der Waals surface area contributed by atoms with Gasteiger partial charge in [-0.15, -0.1) is 0 Å². The van der Waals surface area contributed by atoms with Gasteiger partial charge >= 0.3 is 0 Å². The lowest BCUT2D eigenvalue weighted by Crippen LogP contribution is -2.43. The molecule has 0 aromatic rings. The van der Waals surface area contributed by atoms with E-state index in [9.17, 15) is 0 Å². The molecule has 0 aromatic carbocycles. The van der Waals surface area contributed by atoms with Crippen LogP contribution in [0.15, 0.2) is 0 Å². The second-order valence-electron chi connectivity index (χ2n) is 6.42. The molecule has 4 heteroatoms. The molecule has 0 amide bonds. The largest absolute Gasteiger partial charge is 0.380 e. The minimum Gasteiger partial charge on any atom is -0.380 e. The summed E-state index contributed by atoms with van der Waals surface area (Å²) in [5, 5.41) is 0. The van der Waals surface area contributed by atoms with Crippen LogP contribution >= 0.6 is 0 Å². The highest BCUT2D eigenvalue weighted by Gasteiger charge is 2.36. The molecule has 0 atom stereocenters. The maximum absolute atomic E-state index is 5.66. The molecule has 2 aliphatic heterocycles. The third-order valence-corrected chi connectivity index (χ3v) is 5.06. The van der Waals surface area contributed by atoms with Crippen molar-refractivity contribution < 1.29 is 18.9 Å². The highest BCUT2D eigenvalue weighted by molar-refractivity contribution is 4.84. The fourth-order valence-corrected chi connectivity index (χ4v) is 2.73. The number of rotatable bonds is 11. The lowest BCUT2D eigenvalue weighted by atomic mass is 9.80. The van der Waals surface area contributed by atoms with Crippen molar-refractivity contribution in [2.24, 2.45) is 10.8 Å². The van der Waals surface area contributed by atoms with E-state index in [1.165, 1.54) is 12.8 Å². The van der Waals surface area contributed by atoms with Crippen molar-refractivity contribution in [3.05, 3.63) is 0 Å². The van der Waals surface area contributed by atoms with Crippen LogP contribution in [0.4, 0.5) is 0 Å². The Morgan fingerprint density at radius 2 is 1.10 bits per heavy atom. The molecule has 0 bridgehead atoms. The molecule has 0 N–H and O–H groups in total. The first-order chi connectivity index (χ1) is 9.74. The van der Waals surface area contributed by atoms with Gasteiger partial charge in [0, 0.05) is 24.0 Å². The van der Waals surface area contributed by atoms with Crippen LogP contribution in [0.2, 0.25) is 0 Å². The van der Waals surface area contributed by atoms with Crippen LogP contribution in [-0.2, 0) is 18.9 Å². The second kappa shape index (κ2) is 7.74. The minimum atomic E-state index is 0.401. The van der Waals surface area contributed by atoms with E-state index in [1.54, 1.807) is 0 Å². The summed E-state index contributed by atoms with van der Waals surface area (Å²) in [7, 11) is 0. The van der Waals surface area contributed by atoms with E-state index in [-0.39, 0.29) is 0 Å². The molecule has 2 fully saturated rings. The highest BCUT2D eigenvalue weighted by atomic mass is 16.5. The van der Waals surface area contributed by atoms with Gasteiger partial charge in [-0.3, -0.25) is 0 Å². The first kappa shape index (κ1) is 16.2. The quantitative estimate of drug-likeness (QED) is 0.547. The first-order valence-corrected chi connectivity index (χ1v) is 8.05. The zero-order valence-corrected chi connectivity index (χ0v) is 13.1. The SMILES string of the molecule is CCC1(CCOCCOCCC2(CC)COC2)COC1. The average molecular weight is 286 g/mol. The maximum Gasteiger partial charge on any atom is 0.0700 e. The third kappa shape index (κ3) is 4.17. The summed E-state index contributed by atoms with van der Waals surface area (Å²) >= 11 is 0. The molecule has 2 heterocycles. The van der Waals surface area contributed by atoms with Crippen LogP contribution in [0.1, 0.15) is 39.5 Å². The smallest absolute Gasteiger partial charge is 0.0700 e. The van der Waals surface area contributed by atoms with Crippen LogP contribution in [-0.4, -0.2) is 52.9 Å².